The molecule has 4 aliphatic rings. The highest BCUT2D eigenvalue weighted by Gasteiger charge is 2.61. The van der Waals surface area contributed by atoms with Crippen molar-refractivity contribution in [2.24, 2.45) is 29.6 Å². The number of allylic oxidation sites excluding steroid dienone is 2. The van der Waals surface area contributed by atoms with E-state index in [4.69, 9.17) is 14.9 Å². The number of carbonyl (C=O) groups is 6. The molecule has 6 atom stereocenters. The number of benzene rings is 1. The van der Waals surface area contributed by atoms with Crippen molar-refractivity contribution in [3.8, 4) is 11.5 Å². The first-order valence-corrected chi connectivity index (χ1v) is 12.8. The van der Waals surface area contributed by atoms with Gasteiger partial charge in [0.05, 0.1) is 43.6 Å². The van der Waals surface area contributed by atoms with Gasteiger partial charge in [0.25, 0.3) is 0 Å². The van der Waals surface area contributed by atoms with Crippen LogP contribution in [0.1, 0.15) is 37.2 Å². The van der Waals surface area contributed by atoms with E-state index in [2.05, 4.69) is 0 Å². The highest BCUT2D eigenvalue weighted by Crippen LogP contribution is 2.58. The van der Waals surface area contributed by atoms with E-state index in [1.165, 1.54) is 13.2 Å². The lowest BCUT2D eigenvalue weighted by atomic mass is 9.57. The summed E-state index contributed by atoms with van der Waals surface area (Å²) in [6.45, 7) is -0.519. The zero-order valence-electron chi connectivity index (χ0n) is 21.1. The maximum Gasteiger partial charge on any atom is 0.305 e. The van der Waals surface area contributed by atoms with Gasteiger partial charge in [-0.15, -0.1) is 0 Å². The van der Waals surface area contributed by atoms with E-state index < -0.39 is 77.5 Å². The van der Waals surface area contributed by atoms with Gasteiger partial charge in [0, 0.05) is 19.0 Å². The summed E-state index contributed by atoms with van der Waals surface area (Å²) in [5.74, 6) is -8.60. The molecule has 2 saturated heterocycles. The van der Waals surface area contributed by atoms with E-state index in [1.807, 2.05) is 6.08 Å². The molecule has 1 saturated carbocycles. The van der Waals surface area contributed by atoms with Crippen LogP contribution in [0.25, 0.3) is 0 Å². The second-order valence-electron chi connectivity index (χ2n) is 10.4. The molecule has 1 aromatic carbocycles. The van der Waals surface area contributed by atoms with Crippen molar-refractivity contribution in [3.05, 3.63) is 35.4 Å². The number of aromatic hydroxyl groups is 1. The van der Waals surface area contributed by atoms with Crippen LogP contribution in [0.3, 0.4) is 0 Å². The summed E-state index contributed by atoms with van der Waals surface area (Å²) < 4.78 is 5.27. The van der Waals surface area contributed by atoms with Crippen LogP contribution in [0.2, 0.25) is 0 Å². The molecule has 3 fully saturated rings. The van der Waals surface area contributed by atoms with Gasteiger partial charge in [0.1, 0.15) is 0 Å². The Kier molecular flexibility index (Phi) is 6.65. The van der Waals surface area contributed by atoms with Gasteiger partial charge in [-0.1, -0.05) is 17.7 Å². The number of hydrogen-bond acceptors (Lipinski definition) is 8. The maximum absolute atomic E-state index is 13.6. The fourth-order valence-electron chi connectivity index (χ4n) is 6.84. The number of imide groups is 2. The number of methoxy groups -OCH3 is 1. The topological polar surface area (TPSA) is 179 Å². The Hall–Kier alpha value is -4.22. The van der Waals surface area contributed by atoms with Crippen molar-refractivity contribution < 1.29 is 48.8 Å². The maximum atomic E-state index is 13.6. The van der Waals surface area contributed by atoms with Crippen LogP contribution in [0, 0.1) is 29.6 Å². The molecule has 1 aromatic rings. The Morgan fingerprint density at radius 2 is 1.46 bits per heavy atom. The Labute approximate surface area is 222 Å². The third-order valence-corrected chi connectivity index (χ3v) is 8.49. The quantitative estimate of drug-likeness (QED) is 0.318. The first-order valence-electron chi connectivity index (χ1n) is 12.8. The Morgan fingerprint density at radius 1 is 0.872 bits per heavy atom. The van der Waals surface area contributed by atoms with Gasteiger partial charge in [-0.25, -0.2) is 0 Å². The minimum Gasteiger partial charge on any atom is -0.504 e. The molecular weight excluding hydrogens is 512 g/mol. The number of phenols is 1. The molecule has 2 aliphatic carbocycles. The molecule has 0 aromatic heterocycles. The molecule has 39 heavy (non-hydrogen) atoms. The summed E-state index contributed by atoms with van der Waals surface area (Å²) in [6.07, 6.45) is 1.41. The van der Waals surface area contributed by atoms with Crippen LogP contribution in [-0.4, -0.2) is 80.9 Å². The standard InChI is InChI=1S/C27H28N2O10/c1-39-18-10-12(2-5-17(18)30)21-13-3-4-14-22(26(37)28(24(14)35)8-6-19(31)32)15(13)11-16-23(21)27(38)29(25(16)36)9-7-20(33)34/h2-3,5,10,14-16,21-23,30H,4,6-9,11H2,1H3,(H,31,32)(H,33,34)/t14-,15+,16+,21-,22-,23+/m0/s1. The Bertz CT molecular complexity index is 1320. The minimum atomic E-state index is -1.15. The molecule has 3 N–H and O–H groups in total. The number of likely N-dealkylation sites (tertiary alicyclic amines) is 2. The van der Waals surface area contributed by atoms with E-state index in [1.54, 1.807) is 12.1 Å². The van der Waals surface area contributed by atoms with Crippen LogP contribution in [0.5, 0.6) is 11.5 Å². The normalized spacial score (nSPS) is 29.6. The monoisotopic (exact) mass is 540 g/mol. The summed E-state index contributed by atoms with van der Waals surface area (Å²) >= 11 is 0. The summed E-state index contributed by atoms with van der Waals surface area (Å²) in [6, 6.07) is 4.61. The van der Waals surface area contributed by atoms with Crippen LogP contribution < -0.4 is 4.74 Å². The first-order chi connectivity index (χ1) is 18.5. The molecule has 12 nitrogen and oxygen atoms in total. The molecule has 0 bridgehead atoms. The van der Waals surface area contributed by atoms with E-state index in [0.717, 1.165) is 15.4 Å². The number of hydrogen-bond donors (Lipinski definition) is 3. The summed E-state index contributed by atoms with van der Waals surface area (Å²) in [7, 11) is 1.38. The van der Waals surface area contributed by atoms with Gasteiger partial charge >= 0.3 is 11.9 Å². The van der Waals surface area contributed by atoms with Crippen molar-refractivity contribution in [2.75, 3.05) is 20.2 Å². The number of amides is 4. The van der Waals surface area contributed by atoms with E-state index >= 15 is 0 Å². The summed E-state index contributed by atoms with van der Waals surface area (Å²) in [5.41, 5.74) is 1.31. The number of ether oxygens (including phenoxy) is 1. The summed E-state index contributed by atoms with van der Waals surface area (Å²) in [5, 5.41) is 28.4. The van der Waals surface area contributed by atoms with Crippen LogP contribution in [-0.2, 0) is 28.8 Å². The number of carboxylic acids is 2. The number of phenolic OH excluding ortho intramolecular Hbond substituents is 1. The number of fused-ring (bicyclic) bond motifs is 4. The van der Waals surface area contributed by atoms with E-state index in [0.29, 0.717) is 5.56 Å². The average Bonchev–Trinajstić information content (AvgIpc) is 3.28. The van der Waals surface area contributed by atoms with Crippen LogP contribution in [0.4, 0.5) is 0 Å². The van der Waals surface area contributed by atoms with Gasteiger partial charge in [0.2, 0.25) is 23.6 Å². The highest BCUT2D eigenvalue weighted by atomic mass is 16.5. The van der Waals surface area contributed by atoms with Crippen molar-refractivity contribution in [1.29, 1.82) is 0 Å². The minimum absolute atomic E-state index is 0.120. The number of rotatable bonds is 8. The lowest BCUT2D eigenvalue weighted by molar-refractivity contribution is -0.145. The average molecular weight is 541 g/mol. The van der Waals surface area contributed by atoms with Gasteiger partial charge in [-0.05, 0) is 36.5 Å². The molecule has 0 unspecified atom stereocenters. The predicted octanol–water partition coefficient (Wildman–Crippen LogP) is 0.986. The van der Waals surface area contributed by atoms with Gasteiger partial charge in [0.15, 0.2) is 11.5 Å². The van der Waals surface area contributed by atoms with Crippen LogP contribution in [0.15, 0.2) is 29.8 Å². The number of aliphatic carboxylic acids is 2. The smallest absolute Gasteiger partial charge is 0.305 e. The molecule has 206 valence electrons. The third kappa shape index (κ3) is 4.23. The fourth-order valence-corrected chi connectivity index (χ4v) is 6.84. The third-order valence-electron chi connectivity index (χ3n) is 8.49. The zero-order valence-corrected chi connectivity index (χ0v) is 21.1. The van der Waals surface area contributed by atoms with E-state index in [9.17, 15) is 33.9 Å². The van der Waals surface area contributed by atoms with Crippen molar-refractivity contribution in [1.82, 2.24) is 9.80 Å². The fraction of sp³-hybridized carbons (Fsp3) is 0.481. The van der Waals surface area contributed by atoms with Crippen molar-refractivity contribution in [3.63, 3.8) is 0 Å². The predicted molar refractivity (Wildman–Crippen MR) is 130 cm³/mol. The Balaban J connectivity index is 1.57. The van der Waals surface area contributed by atoms with Crippen LogP contribution >= 0.6 is 0 Å². The largest absolute Gasteiger partial charge is 0.504 e. The zero-order chi connectivity index (χ0) is 28.2. The lowest BCUT2D eigenvalue weighted by Gasteiger charge is -2.44. The molecule has 0 radical (unpaired) electrons. The molecular formula is C27H28N2O10. The van der Waals surface area contributed by atoms with E-state index in [-0.39, 0.29) is 43.9 Å². The second kappa shape index (κ2) is 9.83. The molecule has 12 heteroatoms. The number of carbonyl (C=O) groups excluding carboxylic acids is 4. The molecule has 2 aliphatic heterocycles. The first kappa shape index (κ1) is 26.4. The molecule has 5 rings (SSSR count). The lowest BCUT2D eigenvalue weighted by Crippen LogP contribution is -2.43. The van der Waals surface area contributed by atoms with Crippen molar-refractivity contribution >= 4 is 35.6 Å². The number of nitrogens with zero attached hydrogens (tertiary/aromatic N) is 2. The molecule has 0 spiro atoms. The number of carboxylic acid groups (broad SMARTS) is 2. The highest BCUT2D eigenvalue weighted by molar-refractivity contribution is 6.08. The molecule has 4 amide bonds. The van der Waals surface area contributed by atoms with Gasteiger partial charge in [-0.2, -0.15) is 0 Å². The SMILES string of the molecule is COc1cc([C@H]2C3=CC[C@@H]4C(=O)N(CCC(=O)O)C(=O)[C@@H]4[C@@H]3C[C@H]3C(=O)N(CCC(=O)O)C(=O)[C@@H]23)ccc1O. The molecule has 2 heterocycles. The van der Waals surface area contributed by atoms with Gasteiger partial charge in [-0.3, -0.25) is 38.6 Å². The Morgan fingerprint density at radius 3 is 2.05 bits per heavy atom. The summed E-state index contributed by atoms with van der Waals surface area (Å²) in [4.78, 5) is 77.9. The van der Waals surface area contributed by atoms with Gasteiger partial charge < -0.3 is 20.1 Å². The van der Waals surface area contributed by atoms with Crippen molar-refractivity contribution in [2.45, 2.75) is 31.6 Å². The second-order valence-corrected chi connectivity index (χ2v) is 10.4.